The van der Waals surface area contributed by atoms with Gasteiger partial charge >= 0.3 is 0 Å². The zero-order valence-electron chi connectivity index (χ0n) is 20.7. The van der Waals surface area contributed by atoms with Crippen molar-refractivity contribution in [1.82, 2.24) is 10.2 Å². The maximum atomic E-state index is 13.5. The van der Waals surface area contributed by atoms with Crippen LogP contribution in [0, 0.1) is 0 Å². The van der Waals surface area contributed by atoms with E-state index in [0.717, 1.165) is 33.0 Å². The minimum Gasteiger partial charge on any atom is -0.497 e. The van der Waals surface area contributed by atoms with E-state index < -0.39 is 6.04 Å². The number of rotatable bonds is 11. The summed E-state index contributed by atoms with van der Waals surface area (Å²) in [6, 6.07) is 18.7. The molecule has 0 spiro atoms. The number of methoxy groups -OCH3 is 1. The van der Waals surface area contributed by atoms with E-state index in [0.29, 0.717) is 12.2 Å². The molecule has 0 aliphatic heterocycles. The second-order valence-corrected chi connectivity index (χ2v) is 9.29. The Kier molecular flexibility index (Phi) is 9.55. The number of carbonyl (C=O) groups is 2. The van der Waals surface area contributed by atoms with Gasteiger partial charge in [-0.3, -0.25) is 9.59 Å². The highest BCUT2D eigenvalue weighted by atomic mass is 79.9. The summed E-state index contributed by atoms with van der Waals surface area (Å²) in [6.45, 7) is 6.00. The third kappa shape index (κ3) is 6.75. The first-order valence-corrected chi connectivity index (χ1v) is 12.7. The monoisotopic (exact) mass is 540 g/mol. The van der Waals surface area contributed by atoms with Gasteiger partial charge in [-0.15, -0.1) is 0 Å². The first-order valence-electron chi connectivity index (χ1n) is 11.9. The number of carbonyl (C=O) groups excluding carboxylic acids is 2. The van der Waals surface area contributed by atoms with Crippen LogP contribution in [0.5, 0.6) is 11.5 Å². The van der Waals surface area contributed by atoms with Gasteiger partial charge in [0.15, 0.2) is 6.61 Å². The molecule has 35 heavy (non-hydrogen) atoms. The van der Waals surface area contributed by atoms with Crippen LogP contribution in [-0.2, 0) is 16.1 Å². The number of nitrogens with zero attached hydrogens (tertiary/aromatic N) is 1. The Balaban J connectivity index is 1.82. The van der Waals surface area contributed by atoms with Crippen LogP contribution in [0.15, 0.2) is 65.1 Å². The van der Waals surface area contributed by atoms with Crippen LogP contribution < -0.4 is 14.8 Å². The van der Waals surface area contributed by atoms with Gasteiger partial charge in [0, 0.05) is 12.6 Å². The zero-order valence-corrected chi connectivity index (χ0v) is 22.3. The highest BCUT2D eigenvalue weighted by Crippen LogP contribution is 2.33. The zero-order chi connectivity index (χ0) is 25.4. The normalized spacial score (nSPS) is 12.6. The first kappa shape index (κ1) is 26.5. The van der Waals surface area contributed by atoms with Gasteiger partial charge in [-0.05, 0) is 70.2 Å². The van der Waals surface area contributed by atoms with Gasteiger partial charge in [0.05, 0.1) is 11.6 Å². The number of halogens is 1. The second-order valence-electron chi connectivity index (χ2n) is 8.50. The van der Waals surface area contributed by atoms with Crippen LogP contribution in [0.25, 0.3) is 10.8 Å². The van der Waals surface area contributed by atoms with E-state index in [-0.39, 0.29) is 31.0 Å². The van der Waals surface area contributed by atoms with Crippen molar-refractivity contribution in [3.05, 3.63) is 70.7 Å². The topological polar surface area (TPSA) is 67.9 Å². The van der Waals surface area contributed by atoms with Crippen LogP contribution in [0.4, 0.5) is 0 Å². The Morgan fingerprint density at radius 1 is 1.00 bits per heavy atom. The summed E-state index contributed by atoms with van der Waals surface area (Å²) in [5.41, 5.74) is 0.904. The highest BCUT2D eigenvalue weighted by molar-refractivity contribution is 9.10. The molecule has 0 heterocycles. The SMILES string of the molecule is CC[C@H](C)NC(=O)[C@H](CC)N(Cc1ccc(OC)cc1)C(=O)COc1ccc2ccccc2c1Br. The van der Waals surface area contributed by atoms with Crippen molar-refractivity contribution in [3.63, 3.8) is 0 Å². The smallest absolute Gasteiger partial charge is 0.261 e. The molecule has 0 saturated heterocycles. The standard InChI is InChI=1S/C28H33BrN2O4/c1-5-19(3)30-28(33)24(6-2)31(17-20-11-14-22(34-4)15-12-20)26(32)18-35-25-16-13-21-9-7-8-10-23(21)27(25)29/h7-16,19,24H,5-6,17-18H2,1-4H3,(H,30,33)/t19-,24-/m0/s1. The van der Waals surface area contributed by atoms with Gasteiger partial charge in [-0.2, -0.15) is 0 Å². The predicted molar refractivity (Wildman–Crippen MR) is 143 cm³/mol. The lowest BCUT2D eigenvalue weighted by atomic mass is 10.1. The average Bonchev–Trinajstić information content (AvgIpc) is 2.88. The van der Waals surface area contributed by atoms with Crippen molar-refractivity contribution in [1.29, 1.82) is 0 Å². The van der Waals surface area contributed by atoms with E-state index in [4.69, 9.17) is 9.47 Å². The number of hydrogen-bond acceptors (Lipinski definition) is 4. The molecule has 186 valence electrons. The van der Waals surface area contributed by atoms with Crippen LogP contribution >= 0.6 is 15.9 Å². The molecule has 0 fully saturated rings. The van der Waals surface area contributed by atoms with Crippen LogP contribution in [-0.4, -0.2) is 42.5 Å². The Hall–Kier alpha value is -3.06. The Labute approximate surface area is 215 Å². The number of nitrogens with one attached hydrogen (secondary N) is 1. The van der Waals surface area contributed by atoms with Crippen LogP contribution in [0.3, 0.4) is 0 Å². The number of hydrogen-bond donors (Lipinski definition) is 1. The third-order valence-corrected chi connectivity index (χ3v) is 6.90. The summed E-state index contributed by atoms with van der Waals surface area (Å²) in [5.74, 6) is 0.902. The molecule has 7 heteroatoms. The predicted octanol–water partition coefficient (Wildman–Crippen LogP) is 5.71. The fourth-order valence-electron chi connectivity index (χ4n) is 3.84. The van der Waals surface area contributed by atoms with E-state index >= 15 is 0 Å². The summed E-state index contributed by atoms with van der Waals surface area (Å²) < 4.78 is 12.0. The van der Waals surface area contributed by atoms with E-state index in [9.17, 15) is 9.59 Å². The fraction of sp³-hybridized carbons (Fsp3) is 0.357. The first-order chi connectivity index (χ1) is 16.9. The molecule has 1 N–H and O–H groups in total. The minimum atomic E-state index is -0.609. The van der Waals surface area contributed by atoms with Gasteiger partial charge in [-0.25, -0.2) is 0 Å². The molecular weight excluding hydrogens is 508 g/mol. The minimum absolute atomic E-state index is 0.0271. The fourth-order valence-corrected chi connectivity index (χ4v) is 4.44. The third-order valence-electron chi connectivity index (χ3n) is 6.08. The summed E-state index contributed by atoms with van der Waals surface area (Å²) in [4.78, 5) is 28.1. The van der Waals surface area contributed by atoms with Crippen molar-refractivity contribution in [2.24, 2.45) is 0 Å². The van der Waals surface area contributed by atoms with E-state index in [1.807, 2.05) is 81.4 Å². The summed E-state index contributed by atoms with van der Waals surface area (Å²) >= 11 is 3.61. The quantitative estimate of drug-likeness (QED) is 0.338. The van der Waals surface area contributed by atoms with Crippen LogP contribution in [0.2, 0.25) is 0 Å². The molecule has 6 nitrogen and oxygen atoms in total. The molecule has 3 aromatic carbocycles. The summed E-state index contributed by atoms with van der Waals surface area (Å²) in [5, 5.41) is 5.10. The number of benzene rings is 3. The second kappa shape index (κ2) is 12.6. The number of ether oxygens (including phenoxy) is 2. The molecule has 0 aliphatic carbocycles. The molecule has 3 rings (SSSR count). The van der Waals surface area contributed by atoms with Gasteiger partial charge in [0.25, 0.3) is 5.91 Å². The van der Waals surface area contributed by atoms with Crippen molar-refractivity contribution in [3.8, 4) is 11.5 Å². The van der Waals surface area contributed by atoms with E-state index in [1.165, 1.54) is 0 Å². The molecule has 0 saturated carbocycles. The summed E-state index contributed by atoms with van der Waals surface area (Å²) in [7, 11) is 1.61. The van der Waals surface area contributed by atoms with Gasteiger partial charge in [0.2, 0.25) is 5.91 Å². The summed E-state index contributed by atoms with van der Waals surface area (Å²) in [6.07, 6.45) is 1.30. The van der Waals surface area contributed by atoms with Crippen molar-refractivity contribution >= 4 is 38.5 Å². The van der Waals surface area contributed by atoms with Gasteiger partial charge in [-0.1, -0.05) is 56.3 Å². The molecule has 0 radical (unpaired) electrons. The number of amides is 2. The highest BCUT2D eigenvalue weighted by Gasteiger charge is 2.29. The lowest BCUT2D eigenvalue weighted by Gasteiger charge is -2.31. The van der Waals surface area contributed by atoms with E-state index in [1.54, 1.807) is 12.0 Å². The lowest BCUT2D eigenvalue weighted by Crippen LogP contribution is -2.51. The van der Waals surface area contributed by atoms with E-state index in [2.05, 4.69) is 21.2 Å². The van der Waals surface area contributed by atoms with Crippen LogP contribution in [0.1, 0.15) is 39.2 Å². The van der Waals surface area contributed by atoms with Crippen molar-refractivity contribution < 1.29 is 19.1 Å². The largest absolute Gasteiger partial charge is 0.497 e. The molecule has 0 bridgehead atoms. The van der Waals surface area contributed by atoms with Gasteiger partial charge < -0.3 is 19.7 Å². The Bertz CT molecular complexity index is 1150. The molecule has 0 aliphatic rings. The molecular formula is C28H33BrN2O4. The lowest BCUT2D eigenvalue weighted by molar-refractivity contribution is -0.143. The Morgan fingerprint density at radius 3 is 2.37 bits per heavy atom. The number of fused-ring (bicyclic) bond motifs is 1. The molecule has 2 amide bonds. The Morgan fingerprint density at radius 2 is 1.71 bits per heavy atom. The van der Waals surface area contributed by atoms with Crippen molar-refractivity contribution in [2.75, 3.05) is 13.7 Å². The molecule has 0 unspecified atom stereocenters. The van der Waals surface area contributed by atoms with Gasteiger partial charge in [0.1, 0.15) is 17.5 Å². The molecule has 0 aromatic heterocycles. The molecule has 2 atom stereocenters. The average molecular weight is 541 g/mol. The maximum absolute atomic E-state index is 13.5. The molecule has 3 aromatic rings. The van der Waals surface area contributed by atoms with Crippen molar-refractivity contribution in [2.45, 2.75) is 52.2 Å². The maximum Gasteiger partial charge on any atom is 0.261 e.